The van der Waals surface area contributed by atoms with E-state index in [1.54, 1.807) is 30.5 Å². The van der Waals surface area contributed by atoms with E-state index in [1.165, 1.54) is 0 Å². The number of aromatic amines is 1. The van der Waals surface area contributed by atoms with Gasteiger partial charge < -0.3 is 25.4 Å². The number of H-pyrrole nitrogens is 1. The van der Waals surface area contributed by atoms with Gasteiger partial charge in [-0.2, -0.15) is 5.10 Å². The van der Waals surface area contributed by atoms with Crippen LogP contribution in [0.3, 0.4) is 0 Å². The van der Waals surface area contributed by atoms with Crippen molar-refractivity contribution in [3.05, 3.63) is 64.5 Å². The maximum atomic E-state index is 12.4. The van der Waals surface area contributed by atoms with Crippen LogP contribution in [0.2, 0.25) is 0 Å². The van der Waals surface area contributed by atoms with Gasteiger partial charge in [0.05, 0.1) is 35.1 Å². The quantitative estimate of drug-likeness (QED) is 0.416. The molecule has 5 rings (SSSR count). The summed E-state index contributed by atoms with van der Waals surface area (Å²) in [6, 6.07) is 10.3. The van der Waals surface area contributed by atoms with Gasteiger partial charge in [-0.05, 0) is 50.2 Å². The van der Waals surface area contributed by atoms with Gasteiger partial charge >= 0.3 is 6.03 Å². The molecule has 30 heavy (non-hydrogen) atoms. The molecule has 1 fully saturated rings. The SMILES string of the molecule is O=C(NCc1ccco1)Nc1cccc2nn3c(C4CCNCC4)cc(=O)[nH]c3c12. The van der Waals surface area contributed by atoms with Crippen LogP contribution >= 0.6 is 0 Å². The minimum atomic E-state index is -0.366. The monoisotopic (exact) mass is 406 g/mol. The van der Waals surface area contributed by atoms with Crippen molar-refractivity contribution in [3.8, 4) is 0 Å². The van der Waals surface area contributed by atoms with Gasteiger partial charge in [-0.15, -0.1) is 0 Å². The number of nitrogens with zero attached hydrogens (tertiary/aromatic N) is 2. The molecular weight excluding hydrogens is 384 g/mol. The largest absolute Gasteiger partial charge is 0.467 e. The Kier molecular flexibility index (Phi) is 4.72. The van der Waals surface area contributed by atoms with Crippen LogP contribution in [0.5, 0.6) is 0 Å². The number of rotatable bonds is 4. The smallest absolute Gasteiger partial charge is 0.319 e. The molecule has 1 aliphatic heterocycles. The number of piperidine rings is 1. The number of benzene rings is 1. The Bertz CT molecular complexity index is 1250. The first-order valence-corrected chi connectivity index (χ1v) is 10.0. The number of aromatic nitrogens is 3. The number of amides is 2. The average molecular weight is 406 g/mol. The molecule has 3 aromatic heterocycles. The predicted molar refractivity (Wildman–Crippen MR) is 113 cm³/mol. The number of carbonyl (C=O) groups excluding carboxylic acids is 1. The minimum Gasteiger partial charge on any atom is -0.467 e. The molecule has 2 amide bonds. The van der Waals surface area contributed by atoms with Gasteiger partial charge in [0.25, 0.3) is 5.56 Å². The number of fused-ring (bicyclic) bond motifs is 3. The van der Waals surface area contributed by atoms with Crippen molar-refractivity contribution in [2.45, 2.75) is 25.3 Å². The molecular formula is C21H22N6O3. The Balaban J connectivity index is 1.52. The maximum Gasteiger partial charge on any atom is 0.319 e. The third-order valence-corrected chi connectivity index (χ3v) is 5.47. The van der Waals surface area contributed by atoms with Crippen LogP contribution in [0.1, 0.15) is 30.2 Å². The van der Waals surface area contributed by atoms with E-state index in [9.17, 15) is 9.59 Å². The van der Waals surface area contributed by atoms with E-state index in [-0.39, 0.29) is 24.1 Å². The number of hydrogen-bond donors (Lipinski definition) is 4. The van der Waals surface area contributed by atoms with Crippen LogP contribution in [-0.2, 0) is 6.54 Å². The van der Waals surface area contributed by atoms with Crippen molar-refractivity contribution in [1.29, 1.82) is 0 Å². The molecule has 1 aromatic carbocycles. The predicted octanol–water partition coefficient (Wildman–Crippen LogP) is 2.56. The standard InChI is InChI=1S/C21H22N6O3/c28-18-11-17(13-6-8-22-9-7-13)27-20(25-18)19-15(4-1-5-16(19)26-27)24-21(29)23-12-14-3-2-10-30-14/h1-5,10-11,13,22H,6-9,12H2,(H,25,28)(H2,23,24,29). The Morgan fingerprint density at radius 3 is 2.90 bits per heavy atom. The molecule has 0 bridgehead atoms. The molecule has 0 spiro atoms. The summed E-state index contributed by atoms with van der Waals surface area (Å²) in [5.74, 6) is 0.925. The lowest BCUT2D eigenvalue weighted by Gasteiger charge is -2.23. The topological polar surface area (TPSA) is 116 Å². The van der Waals surface area contributed by atoms with Crippen molar-refractivity contribution in [1.82, 2.24) is 25.2 Å². The second kappa shape index (κ2) is 7.68. The van der Waals surface area contributed by atoms with Gasteiger partial charge in [0.15, 0.2) is 0 Å². The zero-order valence-electron chi connectivity index (χ0n) is 16.3. The molecule has 0 saturated carbocycles. The molecule has 1 aliphatic rings. The number of nitrogens with one attached hydrogen (secondary N) is 4. The highest BCUT2D eigenvalue weighted by Crippen LogP contribution is 2.30. The first kappa shape index (κ1) is 18.4. The van der Waals surface area contributed by atoms with E-state index in [2.05, 4.69) is 20.9 Å². The number of furan rings is 1. The van der Waals surface area contributed by atoms with E-state index >= 15 is 0 Å². The molecule has 4 heterocycles. The van der Waals surface area contributed by atoms with Gasteiger partial charge in [0.1, 0.15) is 11.4 Å². The first-order chi connectivity index (χ1) is 14.7. The number of carbonyl (C=O) groups is 1. The number of hydrogen-bond acceptors (Lipinski definition) is 5. The van der Waals surface area contributed by atoms with E-state index in [1.807, 2.05) is 16.6 Å². The lowest BCUT2D eigenvalue weighted by molar-refractivity contribution is 0.251. The van der Waals surface area contributed by atoms with Gasteiger partial charge in [-0.3, -0.25) is 4.79 Å². The fraction of sp³-hybridized carbons (Fsp3) is 0.286. The van der Waals surface area contributed by atoms with Gasteiger partial charge in [0.2, 0.25) is 0 Å². The van der Waals surface area contributed by atoms with Gasteiger partial charge in [-0.25, -0.2) is 9.31 Å². The lowest BCUT2D eigenvalue weighted by Crippen LogP contribution is -2.28. The van der Waals surface area contributed by atoms with Crippen molar-refractivity contribution in [2.75, 3.05) is 18.4 Å². The summed E-state index contributed by atoms with van der Waals surface area (Å²) in [5, 5.41) is 14.4. The van der Waals surface area contributed by atoms with Crippen LogP contribution in [0.4, 0.5) is 10.5 Å². The molecule has 0 unspecified atom stereocenters. The van der Waals surface area contributed by atoms with Gasteiger partial charge in [0, 0.05) is 12.0 Å². The molecule has 4 N–H and O–H groups in total. The highest BCUT2D eigenvalue weighted by molar-refractivity contribution is 6.07. The zero-order chi connectivity index (χ0) is 20.5. The van der Waals surface area contributed by atoms with Crippen molar-refractivity contribution >= 4 is 28.3 Å². The van der Waals surface area contributed by atoms with Crippen LogP contribution in [0.25, 0.3) is 16.6 Å². The summed E-state index contributed by atoms with van der Waals surface area (Å²) in [6.45, 7) is 2.12. The van der Waals surface area contributed by atoms with Crippen LogP contribution < -0.4 is 21.5 Å². The summed E-state index contributed by atoms with van der Waals surface area (Å²) in [6.07, 6.45) is 3.47. The Morgan fingerprint density at radius 1 is 1.23 bits per heavy atom. The van der Waals surface area contributed by atoms with E-state index < -0.39 is 0 Å². The summed E-state index contributed by atoms with van der Waals surface area (Å²) in [7, 11) is 0. The fourth-order valence-electron chi connectivity index (χ4n) is 4.05. The lowest BCUT2D eigenvalue weighted by atomic mass is 9.94. The molecule has 4 aromatic rings. The van der Waals surface area contributed by atoms with Crippen molar-refractivity contribution < 1.29 is 9.21 Å². The van der Waals surface area contributed by atoms with Crippen LogP contribution in [0.15, 0.2) is 51.9 Å². The second-order valence-electron chi connectivity index (χ2n) is 7.43. The summed E-state index contributed by atoms with van der Waals surface area (Å²) in [5.41, 5.74) is 2.61. The number of urea groups is 1. The van der Waals surface area contributed by atoms with Crippen LogP contribution in [0, 0.1) is 0 Å². The molecule has 0 aliphatic carbocycles. The van der Waals surface area contributed by atoms with E-state index in [4.69, 9.17) is 9.52 Å². The molecule has 154 valence electrons. The Morgan fingerprint density at radius 2 is 2.10 bits per heavy atom. The summed E-state index contributed by atoms with van der Waals surface area (Å²) >= 11 is 0. The zero-order valence-corrected chi connectivity index (χ0v) is 16.3. The maximum absolute atomic E-state index is 12.4. The number of anilines is 1. The van der Waals surface area contributed by atoms with E-state index in [0.29, 0.717) is 28.0 Å². The highest BCUT2D eigenvalue weighted by Gasteiger charge is 2.21. The van der Waals surface area contributed by atoms with Crippen molar-refractivity contribution in [2.24, 2.45) is 0 Å². The first-order valence-electron chi connectivity index (χ1n) is 10.0. The normalized spacial score (nSPS) is 14.9. The van der Waals surface area contributed by atoms with Crippen LogP contribution in [-0.4, -0.2) is 33.7 Å². The van der Waals surface area contributed by atoms with Gasteiger partial charge in [-0.1, -0.05) is 6.07 Å². The molecule has 1 saturated heterocycles. The molecule has 0 radical (unpaired) electrons. The van der Waals surface area contributed by atoms with E-state index in [0.717, 1.165) is 31.6 Å². The third-order valence-electron chi connectivity index (χ3n) is 5.47. The summed E-state index contributed by atoms with van der Waals surface area (Å²) < 4.78 is 7.05. The molecule has 9 nitrogen and oxygen atoms in total. The third kappa shape index (κ3) is 3.43. The van der Waals surface area contributed by atoms with Crippen molar-refractivity contribution in [3.63, 3.8) is 0 Å². The molecule has 9 heteroatoms. The average Bonchev–Trinajstić information content (AvgIpc) is 3.40. The minimum absolute atomic E-state index is 0.171. The molecule has 0 atom stereocenters. The summed E-state index contributed by atoms with van der Waals surface area (Å²) in [4.78, 5) is 27.8. The fourth-order valence-corrected chi connectivity index (χ4v) is 4.05. The highest BCUT2D eigenvalue weighted by atomic mass is 16.3. The Labute approximate surface area is 171 Å². The second-order valence-corrected chi connectivity index (χ2v) is 7.43. The Hall–Kier alpha value is -3.59.